The van der Waals surface area contributed by atoms with Gasteiger partial charge in [0.25, 0.3) is 0 Å². The normalized spacial score (nSPS) is 26.9. The van der Waals surface area contributed by atoms with Gasteiger partial charge in [-0.25, -0.2) is 0 Å². The number of aliphatic hydroxyl groups is 1. The molecule has 2 heterocycles. The van der Waals surface area contributed by atoms with Crippen LogP contribution >= 0.6 is 0 Å². The molecular weight excluding hydrogens is 230 g/mol. The summed E-state index contributed by atoms with van der Waals surface area (Å²) in [7, 11) is 0. The van der Waals surface area contributed by atoms with Gasteiger partial charge in [0.1, 0.15) is 13.2 Å². The van der Waals surface area contributed by atoms with E-state index in [0.717, 1.165) is 30.9 Å². The van der Waals surface area contributed by atoms with Crippen molar-refractivity contribution in [3.05, 3.63) is 23.8 Å². The van der Waals surface area contributed by atoms with E-state index in [1.807, 2.05) is 6.07 Å². The van der Waals surface area contributed by atoms with Crippen LogP contribution in [0.4, 0.5) is 0 Å². The zero-order valence-electron chi connectivity index (χ0n) is 10.4. The van der Waals surface area contributed by atoms with E-state index in [1.165, 1.54) is 5.56 Å². The number of benzene rings is 1. The Hall–Kier alpha value is -1.26. The molecule has 0 spiro atoms. The summed E-state index contributed by atoms with van der Waals surface area (Å²) >= 11 is 0. The molecular formula is C14H19NO3. The third-order valence-electron chi connectivity index (χ3n) is 3.78. The second-order valence-electron chi connectivity index (χ2n) is 4.90. The second kappa shape index (κ2) is 5.16. The Morgan fingerprint density at radius 3 is 2.89 bits per heavy atom. The maximum atomic E-state index is 9.44. The van der Waals surface area contributed by atoms with Crippen molar-refractivity contribution in [2.75, 3.05) is 26.4 Å². The highest BCUT2D eigenvalue weighted by atomic mass is 16.6. The summed E-state index contributed by atoms with van der Waals surface area (Å²) in [5.41, 5.74) is 1.23. The van der Waals surface area contributed by atoms with Crippen molar-refractivity contribution in [1.82, 2.24) is 5.32 Å². The maximum Gasteiger partial charge on any atom is 0.161 e. The molecule has 2 aliphatic heterocycles. The number of aliphatic hydroxyl groups excluding tert-OH is 1. The van der Waals surface area contributed by atoms with Crippen LogP contribution in [0.25, 0.3) is 0 Å². The van der Waals surface area contributed by atoms with Crippen LogP contribution in [0.15, 0.2) is 18.2 Å². The van der Waals surface area contributed by atoms with Gasteiger partial charge >= 0.3 is 0 Å². The number of hydrogen-bond acceptors (Lipinski definition) is 4. The number of ether oxygens (including phenoxy) is 2. The van der Waals surface area contributed by atoms with Gasteiger partial charge in [-0.2, -0.15) is 0 Å². The van der Waals surface area contributed by atoms with E-state index in [4.69, 9.17) is 9.47 Å². The highest BCUT2D eigenvalue weighted by Gasteiger charge is 2.26. The first kappa shape index (κ1) is 11.8. The van der Waals surface area contributed by atoms with Gasteiger partial charge in [0, 0.05) is 12.0 Å². The van der Waals surface area contributed by atoms with Crippen LogP contribution in [0.5, 0.6) is 11.5 Å². The van der Waals surface area contributed by atoms with Gasteiger partial charge in [0.2, 0.25) is 0 Å². The molecule has 3 rings (SSSR count). The molecule has 2 N–H and O–H groups in total. The summed E-state index contributed by atoms with van der Waals surface area (Å²) in [6.45, 7) is 2.41. The smallest absolute Gasteiger partial charge is 0.161 e. The molecule has 2 aliphatic rings. The number of piperidine rings is 1. The minimum absolute atomic E-state index is 0.154. The van der Waals surface area contributed by atoms with E-state index < -0.39 is 0 Å². The lowest BCUT2D eigenvalue weighted by molar-refractivity contribution is 0.170. The van der Waals surface area contributed by atoms with Crippen molar-refractivity contribution >= 4 is 0 Å². The molecule has 0 aromatic heterocycles. The molecule has 0 bridgehead atoms. The van der Waals surface area contributed by atoms with Crippen LogP contribution in [0, 0.1) is 0 Å². The Labute approximate surface area is 107 Å². The largest absolute Gasteiger partial charge is 0.486 e. The minimum atomic E-state index is 0.154. The Kier molecular flexibility index (Phi) is 3.39. The molecule has 2 atom stereocenters. The molecule has 4 nitrogen and oxygen atoms in total. The molecule has 1 aromatic carbocycles. The monoisotopic (exact) mass is 249 g/mol. The summed E-state index contributed by atoms with van der Waals surface area (Å²) in [6.07, 6.45) is 2.26. The van der Waals surface area contributed by atoms with E-state index in [1.54, 1.807) is 0 Å². The molecule has 1 fully saturated rings. The quantitative estimate of drug-likeness (QED) is 0.829. The molecule has 2 unspecified atom stereocenters. The summed E-state index contributed by atoms with van der Waals surface area (Å²) in [5, 5.41) is 12.8. The average molecular weight is 249 g/mol. The first-order valence-electron chi connectivity index (χ1n) is 6.62. The van der Waals surface area contributed by atoms with E-state index in [-0.39, 0.29) is 12.6 Å². The van der Waals surface area contributed by atoms with Crippen molar-refractivity contribution in [3.8, 4) is 11.5 Å². The van der Waals surface area contributed by atoms with Crippen molar-refractivity contribution in [2.24, 2.45) is 0 Å². The van der Waals surface area contributed by atoms with Crippen molar-refractivity contribution in [1.29, 1.82) is 0 Å². The fourth-order valence-electron chi connectivity index (χ4n) is 2.83. The molecule has 0 amide bonds. The molecule has 0 radical (unpaired) electrons. The SMILES string of the molecule is OCC1NCCCC1c1ccc2c(c1)OCCO2. The fraction of sp³-hybridized carbons (Fsp3) is 0.571. The number of nitrogens with one attached hydrogen (secondary N) is 1. The summed E-state index contributed by atoms with van der Waals surface area (Å²) in [5.74, 6) is 2.02. The zero-order chi connectivity index (χ0) is 12.4. The van der Waals surface area contributed by atoms with Crippen LogP contribution in [0.2, 0.25) is 0 Å². The third-order valence-corrected chi connectivity index (χ3v) is 3.78. The summed E-state index contributed by atoms with van der Waals surface area (Å²) < 4.78 is 11.1. The van der Waals surface area contributed by atoms with Crippen LogP contribution < -0.4 is 14.8 Å². The summed E-state index contributed by atoms with van der Waals surface area (Å²) in [6, 6.07) is 6.29. The van der Waals surface area contributed by atoms with Crippen molar-refractivity contribution in [2.45, 2.75) is 24.8 Å². The second-order valence-corrected chi connectivity index (χ2v) is 4.90. The Bertz CT molecular complexity index is 422. The fourth-order valence-corrected chi connectivity index (χ4v) is 2.83. The highest BCUT2D eigenvalue weighted by molar-refractivity contribution is 5.45. The van der Waals surface area contributed by atoms with Gasteiger partial charge in [-0.3, -0.25) is 0 Å². The van der Waals surface area contributed by atoms with Crippen molar-refractivity contribution < 1.29 is 14.6 Å². The zero-order valence-corrected chi connectivity index (χ0v) is 10.4. The predicted octanol–water partition coefficient (Wildman–Crippen LogP) is 1.29. The molecule has 0 saturated carbocycles. The number of rotatable bonds is 2. The molecule has 1 aromatic rings. The van der Waals surface area contributed by atoms with Gasteiger partial charge < -0.3 is 19.9 Å². The molecule has 4 heteroatoms. The lowest BCUT2D eigenvalue weighted by Crippen LogP contribution is -2.42. The molecule has 18 heavy (non-hydrogen) atoms. The lowest BCUT2D eigenvalue weighted by Gasteiger charge is -2.32. The van der Waals surface area contributed by atoms with Gasteiger partial charge in [0.15, 0.2) is 11.5 Å². The summed E-state index contributed by atoms with van der Waals surface area (Å²) in [4.78, 5) is 0. The van der Waals surface area contributed by atoms with Gasteiger partial charge in [0.05, 0.1) is 6.61 Å². The Morgan fingerprint density at radius 2 is 2.06 bits per heavy atom. The van der Waals surface area contributed by atoms with E-state index in [0.29, 0.717) is 19.1 Å². The first-order valence-corrected chi connectivity index (χ1v) is 6.62. The standard InChI is InChI=1S/C14H19NO3/c16-9-12-11(2-1-5-15-12)10-3-4-13-14(8-10)18-7-6-17-13/h3-4,8,11-12,15-16H,1-2,5-7,9H2. The highest BCUT2D eigenvalue weighted by Crippen LogP contribution is 2.36. The Balaban J connectivity index is 1.86. The minimum Gasteiger partial charge on any atom is -0.486 e. The van der Waals surface area contributed by atoms with Gasteiger partial charge in [-0.1, -0.05) is 6.07 Å². The van der Waals surface area contributed by atoms with Crippen LogP contribution in [0.3, 0.4) is 0 Å². The maximum absolute atomic E-state index is 9.44. The molecule has 0 aliphatic carbocycles. The van der Waals surface area contributed by atoms with Crippen LogP contribution in [-0.4, -0.2) is 37.5 Å². The first-order chi connectivity index (χ1) is 8.88. The van der Waals surface area contributed by atoms with E-state index in [9.17, 15) is 5.11 Å². The van der Waals surface area contributed by atoms with E-state index in [2.05, 4.69) is 17.4 Å². The molecule has 1 saturated heterocycles. The topological polar surface area (TPSA) is 50.7 Å². The van der Waals surface area contributed by atoms with Crippen LogP contribution in [-0.2, 0) is 0 Å². The Morgan fingerprint density at radius 1 is 1.22 bits per heavy atom. The predicted molar refractivity (Wildman–Crippen MR) is 68.3 cm³/mol. The van der Waals surface area contributed by atoms with Crippen LogP contribution in [0.1, 0.15) is 24.3 Å². The lowest BCUT2D eigenvalue weighted by atomic mass is 9.85. The van der Waals surface area contributed by atoms with E-state index >= 15 is 0 Å². The number of hydrogen-bond donors (Lipinski definition) is 2. The molecule has 98 valence electrons. The van der Waals surface area contributed by atoms with Gasteiger partial charge in [-0.05, 0) is 37.1 Å². The average Bonchev–Trinajstić information content (AvgIpc) is 2.46. The van der Waals surface area contributed by atoms with Crippen molar-refractivity contribution in [3.63, 3.8) is 0 Å². The third kappa shape index (κ3) is 2.18. The van der Waals surface area contributed by atoms with Gasteiger partial charge in [-0.15, -0.1) is 0 Å². The number of fused-ring (bicyclic) bond motifs is 1.